The van der Waals surface area contributed by atoms with Gasteiger partial charge in [0, 0.05) is 18.8 Å². The number of nitrogens with zero attached hydrogens (tertiary/aromatic N) is 1. The normalized spacial score (nSPS) is 15.1. The van der Waals surface area contributed by atoms with Gasteiger partial charge in [0.15, 0.2) is 38.0 Å². The zero-order valence-corrected chi connectivity index (χ0v) is 16.4. The molecule has 0 aliphatic heterocycles. The Kier molecular flexibility index (Phi) is 5.47. The fourth-order valence-electron chi connectivity index (χ4n) is 2.72. The highest BCUT2D eigenvalue weighted by Crippen LogP contribution is 2.36. The van der Waals surface area contributed by atoms with Gasteiger partial charge in [-0.05, 0) is 30.5 Å². The van der Waals surface area contributed by atoms with E-state index >= 15 is 0 Å². The minimum Gasteiger partial charge on any atom is -0.224 e. The molecule has 2 aromatic carbocycles. The van der Waals surface area contributed by atoms with Gasteiger partial charge in [0.05, 0.1) is 4.90 Å². The number of hydrogen-bond acceptors (Lipinski definition) is 4. The van der Waals surface area contributed by atoms with Gasteiger partial charge in [-0.1, -0.05) is 12.1 Å². The predicted octanol–water partition coefficient (Wildman–Crippen LogP) is 3.14. The van der Waals surface area contributed by atoms with Gasteiger partial charge >= 0.3 is 0 Å². The first-order valence-electron chi connectivity index (χ1n) is 8.18. The van der Waals surface area contributed by atoms with Crippen molar-refractivity contribution in [2.45, 2.75) is 35.2 Å². The Balaban J connectivity index is 2.04. The van der Waals surface area contributed by atoms with Gasteiger partial charge in [0.2, 0.25) is 15.8 Å². The van der Waals surface area contributed by atoms with Crippen LogP contribution in [0, 0.1) is 29.1 Å². The first-order chi connectivity index (χ1) is 13.4. The van der Waals surface area contributed by atoms with Crippen molar-refractivity contribution in [3.8, 4) is 0 Å². The Morgan fingerprint density at radius 2 is 1.28 bits per heavy atom. The molecule has 0 amide bonds. The molecule has 3 rings (SSSR count). The third-order valence-corrected chi connectivity index (χ3v) is 7.43. The molecule has 0 saturated heterocycles. The summed E-state index contributed by atoms with van der Waals surface area (Å²) in [5.74, 6) is -12.0. The zero-order valence-electron chi connectivity index (χ0n) is 14.8. The third kappa shape index (κ3) is 4.01. The van der Waals surface area contributed by atoms with Crippen LogP contribution >= 0.6 is 0 Å². The van der Waals surface area contributed by atoms with Crippen LogP contribution in [0.4, 0.5) is 22.0 Å². The number of hydrogen-bond donors (Lipinski definition) is 0. The van der Waals surface area contributed by atoms with Gasteiger partial charge < -0.3 is 0 Å². The molecular formula is C17H14F5NO4S2. The summed E-state index contributed by atoms with van der Waals surface area (Å²) in [7, 11) is -8.58. The maximum absolute atomic E-state index is 14.1. The summed E-state index contributed by atoms with van der Waals surface area (Å²) in [4.78, 5) is -1.93. The van der Waals surface area contributed by atoms with Crippen molar-refractivity contribution in [2.75, 3.05) is 6.26 Å². The van der Waals surface area contributed by atoms with Crippen molar-refractivity contribution >= 4 is 19.9 Å². The molecule has 1 fully saturated rings. The zero-order chi connectivity index (χ0) is 21.7. The lowest BCUT2D eigenvalue weighted by Gasteiger charge is -2.23. The Bertz CT molecular complexity index is 1150. The molecular weight excluding hydrogens is 441 g/mol. The van der Waals surface area contributed by atoms with Gasteiger partial charge in [-0.25, -0.2) is 38.8 Å². The van der Waals surface area contributed by atoms with E-state index in [0.717, 1.165) is 6.26 Å². The predicted molar refractivity (Wildman–Crippen MR) is 91.5 cm³/mol. The molecule has 1 aliphatic rings. The average Bonchev–Trinajstić information content (AvgIpc) is 3.47. The summed E-state index contributed by atoms with van der Waals surface area (Å²) in [6.07, 6.45) is 1.66. The highest BCUT2D eigenvalue weighted by molar-refractivity contribution is 7.90. The monoisotopic (exact) mass is 455 g/mol. The molecule has 5 nitrogen and oxygen atoms in total. The largest absolute Gasteiger partial charge is 0.249 e. The second kappa shape index (κ2) is 7.33. The van der Waals surface area contributed by atoms with Crippen molar-refractivity contribution in [1.82, 2.24) is 4.31 Å². The molecule has 0 spiro atoms. The van der Waals surface area contributed by atoms with Crippen molar-refractivity contribution < 1.29 is 38.8 Å². The molecule has 0 bridgehead atoms. The van der Waals surface area contributed by atoms with Crippen LogP contribution in [-0.2, 0) is 26.4 Å². The Morgan fingerprint density at radius 3 is 1.69 bits per heavy atom. The van der Waals surface area contributed by atoms with E-state index in [0.29, 0.717) is 17.1 Å². The topological polar surface area (TPSA) is 71.5 Å². The van der Waals surface area contributed by atoms with Crippen LogP contribution in [-0.4, -0.2) is 33.4 Å². The molecule has 0 heterocycles. The molecule has 12 heteroatoms. The third-order valence-electron chi connectivity index (χ3n) is 4.38. The van der Waals surface area contributed by atoms with E-state index in [4.69, 9.17) is 0 Å². The summed E-state index contributed by atoms with van der Waals surface area (Å²) >= 11 is 0. The minimum atomic E-state index is -5.08. The summed E-state index contributed by atoms with van der Waals surface area (Å²) in [6, 6.07) is 4.38. The van der Waals surface area contributed by atoms with E-state index in [-0.39, 0.29) is 10.5 Å². The number of benzene rings is 2. The van der Waals surface area contributed by atoms with Crippen LogP contribution in [0.3, 0.4) is 0 Å². The van der Waals surface area contributed by atoms with Gasteiger partial charge in [-0.3, -0.25) is 0 Å². The van der Waals surface area contributed by atoms with Crippen LogP contribution in [0.2, 0.25) is 0 Å². The van der Waals surface area contributed by atoms with E-state index in [1.807, 2.05) is 0 Å². The van der Waals surface area contributed by atoms with Crippen LogP contribution in [0.1, 0.15) is 18.4 Å². The first-order valence-corrected chi connectivity index (χ1v) is 11.5. The van der Waals surface area contributed by atoms with Crippen molar-refractivity contribution in [3.63, 3.8) is 0 Å². The fourth-order valence-corrected chi connectivity index (χ4v) is 5.14. The van der Waals surface area contributed by atoms with Crippen LogP contribution in [0.25, 0.3) is 0 Å². The molecule has 29 heavy (non-hydrogen) atoms. The second-order valence-electron chi connectivity index (χ2n) is 6.60. The Morgan fingerprint density at radius 1 is 0.828 bits per heavy atom. The SMILES string of the molecule is CS(=O)(=O)c1ccc(CN(C2CC2)S(=O)(=O)c2c(F)c(F)c(F)c(F)c2F)cc1. The van der Waals surface area contributed by atoms with Gasteiger partial charge in [-0.2, -0.15) is 4.31 Å². The van der Waals surface area contributed by atoms with E-state index in [9.17, 15) is 38.8 Å². The Hall–Kier alpha value is -2.05. The van der Waals surface area contributed by atoms with Crippen molar-refractivity contribution in [1.29, 1.82) is 0 Å². The minimum absolute atomic E-state index is 0.0261. The first kappa shape index (κ1) is 21.7. The highest BCUT2D eigenvalue weighted by atomic mass is 32.2. The molecule has 0 unspecified atom stereocenters. The smallest absolute Gasteiger partial charge is 0.224 e. The molecule has 0 aromatic heterocycles. The maximum atomic E-state index is 14.1. The summed E-state index contributed by atoms with van der Waals surface area (Å²) < 4.78 is 118. The molecule has 2 aromatic rings. The number of sulfonamides is 1. The quantitative estimate of drug-likeness (QED) is 0.381. The molecule has 1 aliphatic carbocycles. The lowest BCUT2D eigenvalue weighted by Crippen LogP contribution is -2.34. The van der Waals surface area contributed by atoms with Crippen molar-refractivity contribution in [2.24, 2.45) is 0 Å². The van der Waals surface area contributed by atoms with Crippen LogP contribution in [0.5, 0.6) is 0 Å². The van der Waals surface area contributed by atoms with Gasteiger partial charge in [0.1, 0.15) is 0 Å². The fraction of sp³-hybridized carbons (Fsp3) is 0.294. The van der Waals surface area contributed by atoms with E-state index < -0.39 is 66.4 Å². The lowest BCUT2D eigenvalue weighted by atomic mass is 10.2. The molecule has 0 radical (unpaired) electrons. The molecule has 1 saturated carbocycles. The molecule has 0 N–H and O–H groups in total. The van der Waals surface area contributed by atoms with Crippen molar-refractivity contribution in [3.05, 3.63) is 58.9 Å². The van der Waals surface area contributed by atoms with E-state index in [1.165, 1.54) is 24.3 Å². The van der Waals surface area contributed by atoms with E-state index in [2.05, 4.69) is 0 Å². The maximum Gasteiger partial charge on any atom is 0.249 e. The number of rotatable bonds is 6. The standard InChI is InChI=1S/C17H14F5NO4S2/c1-28(24,25)11-6-2-9(3-7-11)8-23(10-4-5-10)29(26,27)17-15(21)13(19)12(18)14(20)16(17)22/h2-3,6-7,10H,4-5,8H2,1H3. The van der Waals surface area contributed by atoms with Crippen LogP contribution in [0.15, 0.2) is 34.1 Å². The summed E-state index contributed by atoms with van der Waals surface area (Å²) in [6.45, 7) is -0.434. The number of sulfone groups is 1. The van der Waals surface area contributed by atoms with Crippen LogP contribution < -0.4 is 0 Å². The summed E-state index contributed by atoms with van der Waals surface area (Å²) in [5, 5.41) is 0. The number of halogens is 5. The molecule has 158 valence electrons. The Labute approximate surface area is 163 Å². The van der Waals surface area contributed by atoms with Gasteiger partial charge in [0.25, 0.3) is 0 Å². The lowest BCUT2D eigenvalue weighted by molar-refractivity contribution is 0.346. The molecule has 0 atom stereocenters. The average molecular weight is 455 g/mol. The highest BCUT2D eigenvalue weighted by Gasteiger charge is 2.43. The summed E-state index contributed by atoms with van der Waals surface area (Å²) in [5.41, 5.74) is 0.275. The second-order valence-corrected chi connectivity index (χ2v) is 10.4. The van der Waals surface area contributed by atoms with Gasteiger partial charge in [-0.15, -0.1) is 0 Å². The van der Waals surface area contributed by atoms with E-state index in [1.54, 1.807) is 0 Å².